The first kappa shape index (κ1) is 16.7. The molecular formula is C14H15NaO3S. The van der Waals surface area contributed by atoms with Crippen LogP contribution < -0.4 is 29.6 Å². The summed E-state index contributed by atoms with van der Waals surface area (Å²) in [6.45, 7) is 4.28. The van der Waals surface area contributed by atoms with E-state index in [1.807, 2.05) is 18.2 Å². The van der Waals surface area contributed by atoms with E-state index < -0.39 is 10.1 Å². The van der Waals surface area contributed by atoms with E-state index in [1.54, 1.807) is 6.07 Å². The maximum absolute atomic E-state index is 10.9. The first-order valence-corrected chi connectivity index (χ1v) is 7.32. The molecule has 0 fully saturated rings. The predicted octanol–water partition coefficient (Wildman–Crippen LogP) is 0.261. The Morgan fingerprint density at radius 2 is 1.68 bits per heavy atom. The Labute approximate surface area is 136 Å². The maximum atomic E-state index is 10.9. The van der Waals surface area contributed by atoms with Crippen LogP contribution in [-0.2, 0) is 10.1 Å². The van der Waals surface area contributed by atoms with Crippen molar-refractivity contribution in [2.75, 3.05) is 0 Å². The molecule has 0 spiro atoms. The molecule has 0 amide bonds. The first-order chi connectivity index (χ1) is 8.41. The van der Waals surface area contributed by atoms with Gasteiger partial charge in [-0.1, -0.05) is 38.1 Å². The molecule has 0 saturated carbocycles. The van der Waals surface area contributed by atoms with Crippen LogP contribution in [0.3, 0.4) is 0 Å². The normalized spacial score (nSPS) is 13.0. The summed E-state index contributed by atoms with van der Waals surface area (Å²) in [5.41, 5.74) is 1.22. The fourth-order valence-corrected chi connectivity index (χ4v) is 2.45. The van der Waals surface area contributed by atoms with E-state index in [-0.39, 0.29) is 34.5 Å². The molecule has 0 aliphatic carbocycles. The Balaban J connectivity index is 0.00000180. The number of hydrogen-bond donors (Lipinski definition) is 0. The van der Waals surface area contributed by atoms with E-state index in [0.717, 1.165) is 17.2 Å². The van der Waals surface area contributed by atoms with Crippen molar-refractivity contribution >= 4 is 20.9 Å². The molecule has 19 heavy (non-hydrogen) atoms. The Kier molecular flexibility index (Phi) is 5.59. The third-order valence-electron chi connectivity index (χ3n) is 3.31. The van der Waals surface area contributed by atoms with Gasteiger partial charge in [0.2, 0.25) is 0 Å². The fourth-order valence-electron chi connectivity index (χ4n) is 1.94. The largest absolute Gasteiger partial charge is 1.00 e. The van der Waals surface area contributed by atoms with Crippen molar-refractivity contribution < 1.29 is 42.5 Å². The van der Waals surface area contributed by atoms with E-state index in [9.17, 15) is 13.0 Å². The van der Waals surface area contributed by atoms with Crippen LogP contribution in [-0.4, -0.2) is 13.0 Å². The van der Waals surface area contributed by atoms with Gasteiger partial charge in [-0.3, -0.25) is 0 Å². The van der Waals surface area contributed by atoms with Gasteiger partial charge in [0.05, 0.1) is 4.90 Å². The minimum Gasteiger partial charge on any atom is -0.744 e. The van der Waals surface area contributed by atoms with Crippen molar-refractivity contribution in [3.8, 4) is 0 Å². The van der Waals surface area contributed by atoms with Gasteiger partial charge in [0.1, 0.15) is 10.1 Å². The van der Waals surface area contributed by atoms with Crippen LogP contribution in [0.5, 0.6) is 0 Å². The van der Waals surface area contributed by atoms with Gasteiger partial charge in [-0.05, 0) is 40.8 Å². The molecular weight excluding hydrogens is 271 g/mol. The van der Waals surface area contributed by atoms with Gasteiger partial charge < -0.3 is 4.55 Å². The van der Waals surface area contributed by atoms with Crippen LogP contribution in [0.25, 0.3) is 10.8 Å². The second-order valence-electron chi connectivity index (χ2n) is 4.53. The van der Waals surface area contributed by atoms with Gasteiger partial charge in [0.25, 0.3) is 0 Å². The molecule has 2 aromatic carbocycles. The molecule has 0 radical (unpaired) electrons. The Morgan fingerprint density at radius 1 is 1.11 bits per heavy atom. The van der Waals surface area contributed by atoms with Crippen molar-refractivity contribution in [1.82, 2.24) is 0 Å². The molecule has 5 heteroatoms. The summed E-state index contributed by atoms with van der Waals surface area (Å²) < 4.78 is 32.8. The number of fused-ring (bicyclic) bond motifs is 1. The molecule has 0 bridgehead atoms. The van der Waals surface area contributed by atoms with Crippen LogP contribution in [0, 0.1) is 0 Å². The molecule has 0 aliphatic rings. The van der Waals surface area contributed by atoms with Gasteiger partial charge in [0, 0.05) is 0 Å². The molecule has 0 N–H and O–H groups in total. The van der Waals surface area contributed by atoms with Crippen LogP contribution >= 0.6 is 0 Å². The van der Waals surface area contributed by atoms with E-state index >= 15 is 0 Å². The number of rotatable bonds is 3. The van der Waals surface area contributed by atoms with Crippen LogP contribution in [0.4, 0.5) is 0 Å². The zero-order valence-electron chi connectivity index (χ0n) is 11.4. The zero-order chi connectivity index (χ0) is 13.3. The summed E-state index contributed by atoms with van der Waals surface area (Å²) in [7, 11) is -4.38. The molecule has 2 rings (SSSR count). The number of benzene rings is 2. The standard InChI is InChI=1S/C14H16O3S.Na/c1-3-10(2)11-4-5-13-9-14(18(15,16)17)7-6-12(13)8-11;/h4-10H,3H2,1-2H3,(H,15,16,17);/q;+1/p-1. The van der Waals surface area contributed by atoms with Gasteiger partial charge in [-0.25, -0.2) is 8.42 Å². The first-order valence-electron chi connectivity index (χ1n) is 5.91. The van der Waals surface area contributed by atoms with Crippen molar-refractivity contribution in [2.45, 2.75) is 31.1 Å². The quantitative estimate of drug-likeness (QED) is 0.601. The molecule has 1 atom stereocenters. The third-order valence-corrected chi connectivity index (χ3v) is 4.14. The zero-order valence-corrected chi connectivity index (χ0v) is 14.2. The Hall–Kier alpha value is -0.390. The summed E-state index contributed by atoms with van der Waals surface area (Å²) in [4.78, 5) is -0.175. The molecule has 0 aliphatic heterocycles. The van der Waals surface area contributed by atoms with Crippen LogP contribution in [0.1, 0.15) is 31.7 Å². The van der Waals surface area contributed by atoms with Crippen molar-refractivity contribution in [1.29, 1.82) is 0 Å². The van der Waals surface area contributed by atoms with Crippen molar-refractivity contribution in [3.63, 3.8) is 0 Å². The maximum Gasteiger partial charge on any atom is 1.00 e. The molecule has 96 valence electrons. The van der Waals surface area contributed by atoms with Crippen LogP contribution in [0.2, 0.25) is 0 Å². The summed E-state index contributed by atoms with van der Waals surface area (Å²) in [6.07, 6.45) is 1.05. The number of hydrogen-bond acceptors (Lipinski definition) is 3. The molecule has 0 heterocycles. The molecule has 2 aromatic rings. The van der Waals surface area contributed by atoms with E-state index in [0.29, 0.717) is 5.92 Å². The van der Waals surface area contributed by atoms with E-state index in [4.69, 9.17) is 0 Å². The SMILES string of the molecule is CCC(C)c1ccc2cc(S(=O)(=O)[O-])ccc2c1.[Na+]. The fraction of sp³-hybridized carbons (Fsp3) is 0.286. The van der Waals surface area contributed by atoms with E-state index in [1.165, 1.54) is 17.7 Å². The predicted molar refractivity (Wildman–Crippen MR) is 70.6 cm³/mol. The topological polar surface area (TPSA) is 57.2 Å². The summed E-state index contributed by atoms with van der Waals surface area (Å²) >= 11 is 0. The average Bonchev–Trinajstić information content (AvgIpc) is 2.35. The van der Waals surface area contributed by atoms with Crippen molar-refractivity contribution in [2.24, 2.45) is 0 Å². The molecule has 3 nitrogen and oxygen atoms in total. The van der Waals surface area contributed by atoms with E-state index in [2.05, 4.69) is 13.8 Å². The average molecular weight is 286 g/mol. The van der Waals surface area contributed by atoms with Gasteiger partial charge in [-0.15, -0.1) is 0 Å². The summed E-state index contributed by atoms with van der Waals surface area (Å²) in [6, 6.07) is 10.4. The molecule has 0 aromatic heterocycles. The van der Waals surface area contributed by atoms with Gasteiger partial charge >= 0.3 is 29.6 Å². The van der Waals surface area contributed by atoms with Gasteiger partial charge in [0.15, 0.2) is 0 Å². The van der Waals surface area contributed by atoms with Crippen LogP contribution in [0.15, 0.2) is 41.3 Å². The second kappa shape index (κ2) is 6.37. The van der Waals surface area contributed by atoms with Gasteiger partial charge in [-0.2, -0.15) is 0 Å². The van der Waals surface area contributed by atoms with Crippen molar-refractivity contribution in [3.05, 3.63) is 42.0 Å². The summed E-state index contributed by atoms with van der Waals surface area (Å²) in [5, 5.41) is 1.74. The summed E-state index contributed by atoms with van der Waals surface area (Å²) in [5.74, 6) is 0.470. The minimum absolute atomic E-state index is 0. The monoisotopic (exact) mass is 286 g/mol. The second-order valence-corrected chi connectivity index (χ2v) is 5.91. The molecule has 1 unspecified atom stereocenters. The third kappa shape index (κ3) is 3.80. The smallest absolute Gasteiger partial charge is 0.744 e. The minimum atomic E-state index is -4.38. The Morgan fingerprint density at radius 3 is 2.26 bits per heavy atom. The Bertz CT molecular complexity index is 680. The molecule has 0 saturated heterocycles.